The molecule has 0 atom stereocenters. The summed E-state index contributed by atoms with van der Waals surface area (Å²) in [5, 5.41) is 0. The molecule has 0 aromatic heterocycles. The molecule has 0 radical (unpaired) electrons. The first kappa shape index (κ1) is 19.3. The van der Waals surface area contributed by atoms with Crippen molar-refractivity contribution in [3.63, 3.8) is 0 Å². The van der Waals surface area contributed by atoms with Gasteiger partial charge in [0.15, 0.2) is 0 Å². The van der Waals surface area contributed by atoms with Gasteiger partial charge < -0.3 is 0 Å². The largest absolute Gasteiger partial charge is 0.249 e. The Morgan fingerprint density at radius 3 is 1.55 bits per heavy atom. The van der Waals surface area contributed by atoms with Gasteiger partial charge in [-0.25, -0.2) is 20.0 Å². The van der Waals surface area contributed by atoms with Gasteiger partial charge in [0, 0.05) is 22.6 Å². The molecule has 4 nitrogen and oxygen atoms in total. The molecule has 1 aromatic rings. The predicted molar refractivity (Wildman–Crippen MR) is 124 cm³/mol. The quantitative estimate of drug-likeness (QED) is 0.546. The summed E-state index contributed by atoms with van der Waals surface area (Å²) in [6.07, 6.45) is 22.1. The average Bonchev–Trinajstić information content (AvgIpc) is 3.53. The predicted octanol–water partition coefficient (Wildman–Crippen LogP) is 5.10. The van der Waals surface area contributed by atoms with Crippen molar-refractivity contribution in [2.75, 3.05) is 0 Å². The van der Waals surface area contributed by atoms with Gasteiger partial charge >= 0.3 is 0 Å². The van der Waals surface area contributed by atoms with E-state index in [1.807, 2.05) is 79.0 Å². The van der Waals surface area contributed by atoms with E-state index in [9.17, 15) is 0 Å². The van der Waals surface area contributed by atoms with Crippen LogP contribution in [0.2, 0.25) is 0 Å². The number of nitrogens with zero attached hydrogens (tertiary/aromatic N) is 4. The van der Waals surface area contributed by atoms with Crippen molar-refractivity contribution in [2.24, 2.45) is 20.0 Å². The van der Waals surface area contributed by atoms with Crippen molar-refractivity contribution in [3.8, 4) is 0 Å². The van der Waals surface area contributed by atoms with Crippen LogP contribution in [0.15, 0.2) is 140 Å². The van der Waals surface area contributed by atoms with Gasteiger partial charge in [0.1, 0.15) is 0 Å². The van der Waals surface area contributed by atoms with E-state index >= 15 is 0 Å². The van der Waals surface area contributed by atoms with Gasteiger partial charge in [-0.15, -0.1) is 0 Å². The Hall–Kier alpha value is -3.66. The number of aliphatic imine (C=N–C) groups is 4. The number of fused-ring (bicyclic) bond motifs is 4. The van der Waals surface area contributed by atoms with Crippen molar-refractivity contribution < 1.29 is 17.1 Å². The topological polar surface area (TPSA) is 49.4 Å². The summed E-state index contributed by atoms with van der Waals surface area (Å²) in [7, 11) is 0. The van der Waals surface area contributed by atoms with Crippen LogP contribution in [-0.4, -0.2) is 22.8 Å². The maximum Gasteiger partial charge on any atom is 0.0737 e. The van der Waals surface area contributed by atoms with Crippen LogP contribution in [-0.2, 0) is 17.1 Å². The molecule has 0 unspecified atom stereocenters. The number of benzene rings is 1. The molecule has 0 saturated carbocycles. The molecule has 6 rings (SSSR count). The molecule has 31 heavy (non-hydrogen) atoms. The zero-order chi connectivity index (χ0) is 19.9. The summed E-state index contributed by atoms with van der Waals surface area (Å²) in [6.45, 7) is 0. The molecule has 0 spiro atoms. The third kappa shape index (κ3) is 3.89. The number of hydrogen-bond acceptors (Lipinski definition) is 4. The minimum atomic E-state index is 0. The fraction of sp³-hybridized carbons (Fsp3) is 0. The second-order valence-corrected chi connectivity index (χ2v) is 7.31. The fourth-order valence-corrected chi connectivity index (χ4v) is 3.75. The van der Waals surface area contributed by atoms with Crippen molar-refractivity contribution in [3.05, 3.63) is 126 Å². The van der Waals surface area contributed by atoms with Gasteiger partial charge in [-0.05, 0) is 72.4 Å². The van der Waals surface area contributed by atoms with Crippen molar-refractivity contribution in [1.29, 1.82) is 0 Å². The van der Waals surface area contributed by atoms with Gasteiger partial charge in [-0.2, -0.15) is 0 Å². The Bertz CT molecular complexity index is 1350. The first-order valence-electron chi connectivity index (χ1n) is 9.82. The Labute approximate surface area is 190 Å². The molecule has 0 fully saturated rings. The maximum atomic E-state index is 4.87. The van der Waals surface area contributed by atoms with E-state index in [2.05, 4.69) is 23.2 Å². The van der Waals surface area contributed by atoms with E-state index in [1.54, 1.807) is 0 Å². The monoisotopic (exact) mass is 440 g/mol. The molecule has 0 aliphatic carbocycles. The van der Waals surface area contributed by atoms with Crippen LogP contribution >= 0.6 is 0 Å². The third-order valence-corrected chi connectivity index (χ3v) is 5.12. The summed E-state index contributed by atoms with van der Waals surface area (Å²) in [5.41, 5.74) is 9.28. The minimum Gasteiger partial charge on any atom is -0.249 e. The van der Waals surface area contributed by atoms with Gasteiger partial charge in [0.05, 0.1) is 45.6 Å². The number of hydrogen-bond donors (Lipinski definition) is 0. The van der Waals surface area contributed by atoms with E-state index in [-0.39, 0.29) is 17.1 Å². The molecule has 5 heteroatoms. The summed E-state index contributed by atoms with van der Waals surface area (Å²) in [4.78, 5) is 18.9. The Kier molecular flexibility index (Phi) is 4.91. The van der Waals surface area contributed by atoms with E-state index in [0.717, 1.165) is 56.8 Å². The Morgan fingerprint density at radius 2 is 0.968 bits per heavy atom. The van der Waals surface area contributed by atoms with Crippen LogP contribution in [0.1, 0.15) is 5.56 Å². The van der Waals surface area contributed by atoms with Crippen LogP contribution in [0.4, 0.5) is 0 Å². The average molecular weight is 440 g/mol. The molecular formula is C26H16FeN4. The van der Waals surface area contributed by atoms with Crippen LogP contribution in [0.5, 0.6) is 0 Å². The molecule has 0 N–H and O–H groups in total. The standard InChI is InChI=1S/C26H16N4.Fe/c1-2-4-17(5-3-1)25-15-24-14-22-9-8-20(28-22)12-18-6-7-19(27-18)13-21-10-11-23(29-21)16-26(25)30-24;/h1-16H;. The van der Waals surface area contributed by atoms with E-state index < -0.39 is 0 Å². The zero-order valence-electron chi connectivity index (χ0n) is 16.4. The van der Waals surface area contributed by atoms with E-state index in [4.69, 9.17) is 15.0 Å². The second-order valence-electron chi connectivity index (χ2n) is 7.31. The summed E-state index contributed by atoms with van der Waals surface area (Å²) in [6, 6.07) is 10.3. The minimum absolute atomic E-state index is 0. The van der Waals surface area contributed by atoms with E-state index in [0.29, 0.717) is 0 Å². The fourth-order valence-electron chi connectivity index (χ4n) is 3.75. The van der Waals surface area contributed by atoms with Crippen LogP contribution in [0.25, 0.3) is 5.57 Å². The normalized spacial score (nSPS) is 20.1. The number of rotatable bonds is 1. The zero-order valence-corrected chi connectivity index (χ0v) is 17.5. The van der Waals surface area contributed by atoms with Gasteiger partial charge in [-0.1, -0.05) is 30.3 Å². The van der Waals surface area contributed by atoms with Crippen molar-refractivity contribution in [2.45, 2.75) is 0 Å². The molecule has 1 aromatic carbocycles. The van der Waals surface area contributed by atoms with Gasteiger partial charge in [0.25, 0.3) is 0 Å². The summed E-state index contributed by atoms with van der Waals surface area (Å²) >= 11 is 0. The maximum absolute atomic E-state index is 4.87. The molecule has 148 valence electrons. The van der Waals surface area contributed by atoms with Crippen LogP contribution in [0, 0.1) is 0 Å². The van der Waals surface area contributed by atoms with Crippen LogP contribution < -0.4 is 0 Å². The van der Waals surface area contributed by atoms with E-state index in [1.165, 1.54) is 0 Å². The SMILES string of the molecule is C1=CC2=NC1=CC1=NC(=CC3=NC(=CC4=NC(=C2)C=C4)C(c2ccccc2)=C3)C=C1.[Fe]. The molecule has 5 aliphatic rings. The van der Waals surface area contributed by atoms with Crippen molar-refractivity contribution in [1.82, 2.24) is 0 Å². The molecule has 5 aliphatic heterocycles. The van der Waals surface area contributed by atoms with Gasteiger partial charge in [-0.3, -0.25) is 0 Å². The summed E-state index contributed by atoms with van der Waals surface area (Å²) in [5.74, 6) is 0. The molecule has 0 saturated heterocycles. The molecule has 8 bridgehead atoms. The first-order chi connectivity index (χ1) is 14.8. The third-order valence-electron chi connectivity index (χ3n) is 5.12. The molecule has 0 amide bonds. The molecule has 5 heterocycles. The Morgan fingerprint density at radius 1 is 0.452 bits per heavy atom. The smallest absolute Gasteiger partial charge is 0.0737 e. The van der Waals surface area contributed by atoms with Crippen molar-refractivity contribution >= 4 is 28.4 Å². The second kappa shape index (κ2) is 7.88. The summed E-state index contributed by atoms with van der Waals surface area (Å²) < 4.78 is 0. The number of allylic oxidation sites excluding steroid dienone is 12. The Balaban J connectivity index is 0.00000204. The van der Waals surface area contributed by atoms with Gasteiger partial charge in [0.2, 0.25) is 0 Å². The first-order valence-corrected chi connectivity index (χ1v) is 9.82. The van der Waals surface area contributed by atoms with Crippen LogP contribution in [0.3, 0.4) is 0 Å². The molecular weight excluding hydrogens is 424 g/mol.